The summed E-state index contributed by atoms with van der Waals surface area (Å²) < 4.78 is 20.1. The van der Waals surface area contributed by atoms with E-state index in [0.29, 0.717) is 19.7 Å². The van der Waals surface area contributed by atoms with Gasteiger partial charge in [0.2, 0.25) is 5.91 Å². The Kier molecular flexibility index (Phi) is 3.87. The number of benzene rings is 2. The Bertz CT molecular complexity index is 887. The van der Waals surface area contributed by atoms with E-state index in [1.54, 1.807) is 6.07 Å². The Hall–Kier alpha value is -2.20. The van der Waals surface area contributed by atoms with E-state index in [-0.39, 0.29) is 17.3 Å². The first-order valence-electron chi connectivity index (χ1n) is 9.91. The number of fused-ring (bicyclic) bond motifs is 2. The van der Waals surface area contributed by atoms with E-state index >= 15 is 0 Å². The second-order valence-corrected chi connectivity index (χ2v) is 8.17. The highest BCUT2D eigenvalue weighted by atomic mass is 19.1. The number of aryl methyl sites for hydroxylation is 1. The van der Waals surface area contributed by atoms with Gasteiger partial charge >= 0.3 is 0 Å². The monoisotopic (exact) mass is 365 g/mol. The Morgan fingerprint density at radius 1 is 1.07 bits per heavy atom. The summed E-state index contributed by atoms with van der Waals surface area (Å²) in [5, 5.41) is 0. The maximum absolute atomic E-state index is 13.8. The number of morpholine rings is 1. The average molecular weight is 365 g/mol. The molecule has 3 aliphatic rings. The van der Waals surface area contributed by atoms with Crippen molar-refractivity contribution in [1.29, 1.82) is 0 Å². The molecular weight excluding hydrogens is 341 g/mol. The number of hydrogen-bond donors (Lipinski definition) is 0. The highest BCUT2D eigenvalue weighted by Gasteiger charge is 2.51. The highest BCUT2D eigenvalue weighted by Crippen LogP contribution is 2.48. The molecule has 2 fully saturated rings. The van der Waals surface area contributed by atoms with Crippen molar-refractivity contribution >= 4 is 5.91 Å². The first-order valence-corrected chi connectivity index (χ1v) is 9.91. The zero-order valence-electron chi connectivity index (χ0n) is 15.4. The minimum absolute atomic E-state index is 0.145. The molecule has 1 heterocycles. The molecule has 0 unspecified atom stereocenters. The molecular formula is C23H24FNO2. The van der Waals surface area contributed by atoms with Crippen molar-refractivity contribution in [2.24, 2.45) is 0 Å². The molecule has 1 saturated carbocycles. The van der Waals surface area contributed by atoms with E-state index < -0.39 is 5.41 Å². The maximum Gasteiger partial charge on any atom is 0.233 e. The lowest BCUT2D eigenvalue weighted by atomic mass is 9.63. The molecule has 0 aromatic heterocycles. The van der Waals surface area contributed by atoms with E-state index in [0.717, 1.165) is 37.7 Å². The van der Waals surface area contributed by atoms with Gasteiger partial charge in [0.05, 0.1) is 18.6 Å². The van der Waals surface area contributed by atoms with Crippen LogP contribution in [0.5, 0.6) is 0 Å². The molecule has 1 aliphatic heterocycles. The van der Waals surface area contributed by atoms with Gasteiger partial charge in [0, 0.05) is 6.54 Å². The molecule has 3 nitrogen and oxygen atoms in total. The summed E-state index contributed by atoms with van der Waals surface area (Å²) in [6.45, 7) is 1.76. The van der Waals surface area contributed by atoms with Crippen LogP contribution in [0, 0.1) is 5.82 Å². The molecule has 2 aromatic carbocycles. The Balaban J connectivity index is 1.46. The third kappa shape index (κ3) is 2.53. The number of nitrogens with zero attached hydrogens (tertiary/aromatic N) is 1. The number of ether oxygens (including phenoxy) is 1. The summed E-state index contributed by atoms with van der Waals surface area (Å²) in [4.78, 5) is 15.6. The minimum atomic E-state index is -0.557. The van der Waals surface area contributed by atoms with Crippen LogP contribution in [0.25, 0.3) is 0 Å². The van der Waals surface area contributed by atoms with Gasteiger partial charge < -0.3 is 9.64 Å². The second kappa shape index (κ2) is 6.16. The van der Waals surface area contributed by atoms with Crippen molar-refractivity contribution in [2.45, 2.75) is 43.1 Å². The van der Waals surface area contributed by atoms with Gasteiger partial charge in [0.25, 0.3) is 0 Å². The van der Waals surface area contributed by atoms with Gasteiger partial charge in [-0.1, -0.05) is 42.8 Å². The molecule has 4 heteroatoms. The standard InChI is InChI=1S/C23H24FNO2/c24-19-7-3-6-18(15-19)22(10-4-11-22)21(26)25-13-14-27-23(16-25)12-9-17-5-1-2-8-20(17)23/h1-3,5-8,15H,4,9-14,16H2/t23-/m0/s1. The highest BCUT2D eigenvalue weighted by molar-refractivity contribution is 5.89. The van der Waals surface area contributed by atoms with Crippen LogP contribution in [0.15, 0.2) is 48.5 Å². The quantitative estimate of drug-likeness (QED) is 0.807. The van der Waals surface area contributed by atoms with Crippen molar-refractivity contribution in [1.82, 2.24) is 4.90 Å². The number of carbonyl (C=O) groups excluding carboxylic acids is 1. The Morgan fingerprint density at radius 2 is 1.93 bits per heavy atom. The minimum Gasteiger partial charge on any atom is -0.367 e. The maximum atomic E-state index is 13.8. The van der Waals surface area contributed by atoms with Crippen molar-refractivity contribution in [3.8, 4) is 0 Å². The van der Waals surface area contributed by atoms with Crippen molar-refractivity contribution in [3.63, 3.8) is 0 Å². The fourth-order valence-electron chi connectivity index (χ4n) is 5.17. The molecule has 1 spiro atoms. The SMILES string of the molecule is O=C(N1CCO[C@@]2(CCc3ccccc32)C1)C1(c2cccc(F)c2)CCC1. The number of hydrogen-bond acceptors (Lipinski definition) is 2. The normalized spacial score (nSPS) is 25.9. The molecule has 1 amide bonds. The lowest BCUT2D eigenvalue weighted by molar-refractivity contribution is -0.160. The van der Waals surface area contributed by atoms with Crippen LogP contribution in [0.4, 0.5) is 4.39 Å². The van der Waals surface area contributed by atoms with Gasteiger partial charge in [-0.2, -0.15) is 0 Å². The van der Waals surface area contributed by atoms with E-state index in [2.05, 4.69) is 24.3 Å². The molecule has 0 bridgehead atoms. The van der Waals surface area contributed by atoms with Crippen LogP contribution in [0.3, 0.4) is 0 Å². The molecule has 2 aliphatic carbocycles. The Morgan fingerprint density at radius 3 is 2.70 bits per heavy atom. The van der Waals surface area contributed by atoms with E-state index in [1.807, 2.05) is 11.0 Å². The summed E-state index contributed by atoms with van der Waals surface area (Å²) in [5.74, 6) is -0.124. The molecule has 1 saturated heterocycles. The predicted molar refractivity (Wildman–Crippen MR) is 101 cm³/mol. The van der Waals surface area contributed by atoms with Crippen LogP contribution in [-0.4, -0.2) is 30.5 Å². The lowest BCUT2D eigenvalue weighted by Crippen LogP contribution is -2.58. The molecule has 2 aromatic rings. The van der Waals surface area contributed by atoms with Crippen LogP contribution < -0.4 is 0 Å². The zero-order valence-corrected chi connectivity index (χ0v) is 15.4. The third-order valence-corrected chi connectivity index (χ3v) is 6.77. The number of halogens is 1. The fraction of sp³-hybridized carbons (Fsp3) is 0.435. The third-order valence-electron chi connectivity index (χ3n) is 6.77. The first-order chi connectivity index (χ1) is 13.1. The van der Waals surface area contributed by atoms with E-state index in [9.17, 15) is 9.18 Å². The lowest BCUT2D eigenvalue weighted by Gasteiger charge is -2.48. The van der Waals surface area contributed by atoms with Crippen LogP contribution >= 0.6 is 0 Å². The number of rotatable bonds is 2. The van der Waals surface area contributed by atoms with Gasteiger partial charge in [-0.15, -0.1) is 0 Å². The topological polar surface area (TPSA) is 29.5 Å². The molecule has 1 atom stereocenters. The summed E-state index contributed by atoms with van der Waals surface area (Å²) in [7, 11) is 0. The molecule has 27 heavy (non-hydrogen) atoms. The van der Waals surface area contributed by atoms with Gasteiger partial charge in [0.15, 0.2) is 0 Å². The number of amides is 1. The van der Waals surface area contributed by atoms with Crippen LogP contribution in [0.1, 0.15) is 42.4 Å². The summed E-state index contributed by atoms with van der Waals surface area (Å²) in [6.07, 6.45) is 4.53. The predicted octanol–water partition coefficient (Wildman–Crippen LogP) is 3.95. The molecule has 140 valence electrons. The van der Waals surface area contributed by atoms with Crippen molar-refractivity contribution in [2.75, 3.05) is 19.7 Å². The van der Waals surface area contributed by atoms with Gasteiger partial charge in [-0.25, -0.2) is 4.39 Å². The molecule has 0 N–H and O–H groups in total. The van der Waals surface area contributed by atoms with Crippen LogP contribution in [0.2, 0.25) is 0 Å². The smallest absolute Gasteiger partial charge is 0.233 e. The average Bonchev–Trinajstić information content (AvgIpc) is 2.99. The van der Waals surface area contributed by atoms with Gasteiger partial charge in [0.1, 0.15) is 11.4 Å². The summed E-state index contributed by atoms with van der Waals surface area (Å²) >= 11 is 0. The fourth-order valence-corrected chi connectivity index (χ4v) is 5.17. The zero-order chi connectivity index (χ0) is 18.5. The van der Waals surface area contributed by atoms with E-state index in [1.165, 1.54) is 23.3 Å². The Labute approximate surface area is 159 Å². The summed E-state index contributed by atoms with van der Waals surface area (Å²) in [6, 6.07) is 15.0. The largest absolute Gasteiger partial charge is 0.367 e. The second-order valence-electron chi connectivity index (χ2n) is 8.17. The molecule has 0 radical (unpaired) electrons. The van der Waals surface area contributed by atoms with Gasteiger partial charge in [-0.3, -0.25) is 4.79 Å². The molecule has 5 rings (SSSR count). The van der Waals surface area contributed by atoms with Crippen molar-refractivity contribution < 1.29 is 13.9 Å². The first kappa shape index (κ1) is 16.9. The number of carbonyl (C=O) groups is 1. The van der Waals surface area contributed by atoms with Gasteiger partial charge in [-0.05, 0) is 54.5 Å². The van der Waals surface area contributed by atoms with E-state index in [4.69, 9.17) is 4.74 Å². The van der Waals surface area contributed by atoms with Crippen molar-refractivity contribution in [3.05, 3.63) is 71.0 Å². The summed E-state index contributed by atoms with van der Waals surface area (Å²) in [5.41, 5.74) is 2.45. The van der Waals surface area contributed by atoms with Crippen LogP contribution in [-0.2, 0) is 27.0 Å².